The fourth-order valence-corrected chi connectivity index (χ4v) is 1.83. The molecule has 0 aromatic heterocycles. The number of halogens is 3. The van der Waals surface area contributed by atoms with Gasteiger partial charge < -0.3 is 15.6 Å². The van der Waals surface area contributed by atoms with Gasteiger partial charge in [-0.25, -0.2) is 0 Å². The second-order valence-corrected chi connectivity index (χ2v) is 4.30. The first-order valence-corrected chi connectivity index (χ1v) is 5.56. The van der Waals surface area contributed by atoms with Gasteiger partial charge in [-0.1, -0.05) is 12.1 Å². The molecule has 3 nitrogen and oxygen atoms in total. The third kappa shape index (κ3) is 3.80. The molecular weight excluding hydrogens is 264 g/mol. The van der Waals surface area contributed by atoms with Gasteiger partial charge in [0.1, 0.15) is 5.75 Å². The molecule has 0 saturated heterocycles. The first-order chi connectivity index (χ1) is 8.08. The van der Waals surface area contributed by atoms with Gasteiger partial charge in [0, 0.05) is 0 Å². The molecule has 0 heterocycles. The highest BCUT2D eigenvalue weighted by atomic mass is 35.5. The lowest BCUT2D eigenvalue weighted by atomic mass is 9.99. The topological polar surface area (TPSA) is 55.5 Å². The number of ether oxygens (including phenoxy) is 1. The number of rotatable bonds is 5. The van der Waals surface area contributed by atoms with Crippen LogP contribution in [0, 0.1) is 5.92 Å². The number of benzene rings is 1. The van der Waals surface area contributed by atoms with Crippen molar-refractivity contribution in [3.63, 3.8) is 0 Å². The Kier molecular flexibility index (Phi) is 5.31. The summed E-state index contributed by atoms with van der Waals surface area (Å²) in [4.78, 5) is 0. The molecule has 1 aliphatic rings. The van der Waals surface area contributed by atoms with Crippen LogP contribution in [0.15, 0.2) is 24.3 Å². The molecule has 2 rings (SSSR count). The first kappa shape index (κ1) is 15.1. The van der Waals surface area contributed by atoms with E-state index in [0.717, 1.165) is 12.8 Å². The molecule has 3 N–H and O–H groups in total. The molecule has 1 aliphatic carbocycles. The summed E-state index contributed by atoms with van der Waals surface area (Å²) in [6.45, 7) is -2.85. The van der Waals surface area contributed by atoms with E-state index in [4.69, 9.17) is 5.73 Å². The summed E-state index contributed by atoms with van der Waals surface area (Å²) in [5.74, 6) is 0.306. The molecule has 0 radical (unpaired) electrons. The Balaban J connectivity index is 0.00000162. The van der Waals surface area contributed by atoms with Crippen molar-refractivity contribution >= 4 is 12.4 Å². The predicted molar refractivity (Wildman–Crippen MR) is 66.0 cm³/mol. The molecular formula is C12H16ClF2NO2. The Hall–Kier alpha value is -0.910. The van der Waals surface area contributed by atoms with Gasteiger partial charge in [-0.3, -0.25) is 0 Å². The summed E-state index contributed by atoms with van der Waals surface area (Å²) in [5, 5.41) is 9.87. The normalized spacial score (nSPS) is 18.1. The van der Waals surface area contributed by atoms with Crippen LogP contribution in [-0.4, -0.2) is 17.8 Å². The number of alkyl halides is 2. The summed E-state index contributed by atoms with van der Waals surface area (Å²) >= 11 is 0. The van der Waals surface area contributed by atoms with Crippen molar-refractivity contribution in [2.24, 2.45) is 11.7 Å². The third-order valence-electron chi connectivity index (χ3n) is 2.94. The van der Waals surface area contributed by atoms with Crippen molar-refractivity contribution in [1.82, 2.24) is 0 Å². The van der Waals surface area contributed by atoms with E-state index in [-0.39, 0.29) is 24.1 Å². The van der Waals surface area contributed by atoms with Gasteiger partial charge in [-0.15, -0.1) is 12.4 Å². The molecule has 1 saturated carbocycles. The lowest BCUT2D eigenvalue weighted by Crippen LogP contribution is -2.27. The monoisotopic (exact) mass is 279 g/mol. The number of hydrogen-bond acceptors (Lipinski definition) is 3. The zero-order valence-corrected chi connectivity index (χ0v) is 10.4. The molecule has 18 heavy (non-hydrogen) atoms. The molecule has 102 valence electrons. The Bertz CT molecular complexity index is 388. The quantitative estimate of drug-likeness (QED) is 0.871. The van der Waals surface area contributed by atoms with Crippen LogP contribution >= 0.6 is 12.4 Å². The van der Waals surface area contributed by atoms with Gasteiger partial charge in [0.05, 0.1) is 12.1 Å². The maximum atomic E-state index is 12.0. The molecule has 0 unspecified atom stereocenters. The van der Waals surface area contributed by atoms with Gasteiger partial charge >= 0.3 is 6.61 Å². The van der Waals surface area contributed by atoms with Gasteiger partial charge in [0.25, 0.3) is 0 Å². The van der Waals surface area contributed by atoms with Crippen LogP contribution in [0.3, 0.4) is 0 Å². The van der Waals surface area contributed by atoms with Crippen molar-refractivity contribution in [3.05, 3.63) is 29.8 Å². The fraction of sp³-hybridized carbons (Fsp3) is 0.500. The number of aliphatic hydroxyl groups excluding tert-OH is 1. The largest absolute Gasteiger partial charge is 0.435 e. The Morgan fingerprint density at radius 1 is 1.33 bits per heavy atom. The third-order valence-corrected chi connectivity index (χ3v) is 2.94. The van der Waals surface area contributed by atoms with Crippen LogP contribution < -0.4 is 10.5 Å². The molecule has 0 bridgehead atoms. The zero-order valence-electron chi connectivity index (χ0n) is 9.63. The standard InChI is InChI=1S/C12H15F2NO2.ClH/c13-12(14)17-9-3-1-2-8(6-9)10(15)11(16)7-4-5-7;/h1-3,6-7,10-12,16H,4-5,15H2;1H/t10-,11+;/m1./s1. The summed E-state index contributed by atoms with van der Waals surface area (Å²) in [6.07, 6.45) is 1.33. The van der Waals surface area contributed by atoms with Crippen LogP contribution in [0.25, 0.3) is 0 Å². The van der Waals surface area contributed by atoms with Crippen molar-refractivity contribution in [2.45, 2.75) is 31.6 Å². The Morgan fingerprint density at radius 2 is 2.00 bits per heavy atom. The van der Waals surface area contributed by atoms with Crippen LogP contribution in [0.2, 0.25) is 0 Å². The molecule has 2 atom stereocenters. The Labute approximate surface area is 110 Å². The molecule has 6 heteroatoms. The Morgan fingerprint density at radius 3 is 2.56 bits per heavy atom. The summed E-state index contributed by atoms with van der Waals surface area (Å²) < 4.78 is 28.4. The average Bonchev–Trinajstić information content (AvgIpc) is 3.10. The number of aliphatic hydroxyl groups is 1. The van der Waals surface area contributed by atoms with E-state index in [9.17, 15) is 13.9 Å². The highest BCUT2D eigenvalue weighted by Gasteiger charge is 2.34. The van der Waals surface area contributed by atoms with E-state index in [0.29, 0.717) is 5.56 Å². The molecule has 0 aliphatic heterocycles. The second kappa shape index (κ2) is 6.31. The van der Waals surface area contributed by atoms with E-state index in [1.165, 1.54) is 12.1 Å². The molecule has 1 aromatic rings. The second-order valence-electron chi connectivity index (χ2n) is 4.30. The smallest absolute Gasteiger partial charge is 0.387 e. The van der Waals surface area contributed by atoms with Crippen molar-refractivity contribution in [1.29, 1.82) is 0 Å². The van der Waals surface area contributed by atoms with Crippen molar-refractivity contribution in [2.75, 3.05) is 0 Å². The predicted octanol–water partition coefficient (Wildman–Crippen LogP) is 2.48. The van der Waals surface area contributed by atoms with E-state index >= 15 is 0 Å². The van der Waals surface area contributed by atoms with Crippen LogP contribution in [0.5, 0.6) is 5.75 Å². The van der Waals surface area contributed by atoms with Crippen LogP contribution in [-0.2, 0) is 0 Å². The summed E-state index contributed by atoms with van der Waals surface area (Å²) in [7, 11) is 0. The van der Waals surface area contributed by atoms with Crippen LogP contribution in [0.4, 0.5) is 8.78 Å². The maximum absolute atomic E-state index is 12.0. The summed E-state index contributed by atoms with van der Waals surface area (Å²) in [5.41, 5.74) is 6.50. The fourth-order valence-electron chi connectivity index (χ4n) is 1.83. The van der Waals surface area contributed by atoms with Crippen molar-refractivity contribution < 1.29 is 18.6 Å². The first-order valence-electron chi connectivity index (χ1n) is 5.56. The molecule has 0 spiro atoms. The SMILES string of the molecule is Cl.N[C@H](c1cccc(OC(F)F)c1)[C@@H](O)C1CC1. The van der Waals surface area contributed by atoms with E-state index in [1.54, 1.807) is 12.1 Å². The summed E-state index contributed by atoms with van der Waals surface area (Å²) in [6, 6.07) is 5.62. The molecule has 1 aromatic carbocycles. The number of hydrogen-bond donors (Lipinski definition) is 2. The van der Waals surface area contributed by atoms with Gasteiger partial charge in [-0.05, 0) is 36.5 Å². The lowest BCUT2D eigenvalue weighted by molar-refractivity contribution is -0.0499. The van der Waals surface area contributed by atoms with E-state index in [2.05, 4.69) is 4.74 Å². The number of nitrogens with two attached hydrogens (primary N) is 1. The maximum Gasteiger partial charge on any atom is 0.387 e. The highest BCUT2D eigenvalue weighted by molar-refractivity contribution is 5.85. The van der Waals surface area contributed by atoms with Crippen molar-refractivity contribution in [3.8, 4) is 5.75 Å². The highest BCUT2D eigenvalue weighted by Crippen LogP contribution is 2.37. The van der Waals surface area contributed by atoms with Gasteiger partial charge in [0.15, 0.2) is 0 Å². The van der Waals surface area contributed by atoms with E-state index in [1.807, 2.05) is 0 Å². The van der Waals surface area contributed by atoms with E-state index < -0.39 is 18.8 Å². The van der Waals surface area contributed by atoms with Crippen LogP contribution in [0.1, 0.15) is 24.4 Å². The average molecular weight is 280 g/mol. The van der Waals surface area contributed by atoms with Gasteiger partial charge in [-0.2, -0.15) is 8.78 Å². The minimum Gasteiger partial charge on any atom is -0.435 e. The van der Waals surface area contributed by atoms with Gasteiger partial charge in [0.2, 0.25) is 0 Å². The lowest BCUT2D eigenvalue weighted by Gasteiger charge is -2.19. The minimum absolute atomic E-state index is 0. The molecule has 1 fully saturated rings. The molecule has 0 amide bonds. The minimum atomic E-state index is -2.85. The zero-order chi connectivity index (χ0) is 12.4.